The summed E-state index contributed by atoms with van der Waals surface area (Å²) in [6.07, 6.45) is 5.28. The van der Waals surface area contributed by atoms with E-state index in [2.05, 4.69) is 65.0 Å². The van der Waals surface area contributed by atoms with Gasteiger partial charge in [-0.15, -0.1) is 0 Å². The molecule has 0 saturated carbocycles. The predicted molar refractivity (Wildman–Crippen MR) is 166 cm³/mol. The minimum atomic E-state index is -0.345. The van der Waals surface area contributed by atoms with Gasteiger partial charge in [-0.2, -0.15) is 0 Å². The Morgan fingerprint density at radius 3 is 2.29 bits per heavy atom. The van der Waals surface area contributed by atoms with Crippen LogP contribution in [0.3, 0.4) is 0 Å². The second kappa shape index (κ2) is 13.7. The zero-order valence-electron chi connectivity index (χ0n) is 24.2. The third-order valence-corrected chi connectivity index (χ3v) is 8.17. The molecule has 0 aromatic heterocycles. The van der Waals surface area contributed by atoms with Crippen LogP contribution in [-0.4, -0.2) is 44.3 Å². The van der Waals surface area contributed by atoms with Gasteiger partial charge in [0.25, 0.3) is 5.91 Å². The molecule has 0 bridgehead atoms. The van der Waals surface area contributed by atoms with E-state index in [4.69, 9.17) is 4.74 Å². The smallest absolute Gasteiger partial charge is 0.323 e. The van der Waals surface area contributed by atoms with Crippen LogP contribution in [0.25, 0.3) is 0 Å². The van der Waals surface area contributed by atoms with Crippen molar-refractivity contribution in [2.45, 2.75) is 58.0 Å². The number of urea groups is 1. The number of carbonyl (C=O) groups is 2. The maximum atomic E-state index is 13.5. The lowest BCUT2D eigenvalue weighted by molar-refractivity contribution is 0.0858. The molecule has 2 heterocycles. The maximum Gasteiger partial charge on any atom is 0.323 e. The van der Waals surface area contributed by atoms with Gasteiger partial charge < -0.3 is 25.6 Å². The van der Waals surface area contributed by atoms with Gasteiger partial charge in [0.2, 0.25) is 0 Å². The van der Waals surface area contributed by atoms with Crippen molar-refractivity contribution in [1.29, 1.82) is 0 Å². The van der Waals surface area contributed by atoms with Crippen LogP contribution in [0.5, 0.6) is 0 Å². The summed E-state index contributed by atoms with van der Waals surface area (Å²) in [7, 11) is 0. The van der Waals surface area contributed by atoms with Gasteiger partial charge in [0.1, 0.15) is 0 Å². The Hall–Kier alpha value is -3.84. The number of piperidine rings is 1. The quantitative estimate of drug-likeness (QED) is 0.271. The molecule has 1 unspecified atom stereocenters. The fraction of sp³-hybridized carbons (Fsp3) is 0.412. The van der Waals surface area contributed by atoms with Gasteiger partial charge in [0, 0.05) is 43.3 Å². The van der Waals surface area contributed by atoms with Crippen molar-refractivity contribution in [3.8, 4) is 0 Å². The number of anilines is 3. The standard InChI is InChI=1S/C34H42N4O3/c1-24(2)27-10-12-28(13-11-27)36-34(40)37-29-14-15-32(31(22-29)33(39)35-23-30-9-6-20-41-30)38-18-16-26(17-19-38)21-25-7-4-3-5-8-25/h3-5,7-8,10-15,22,24,26,30H,6,9,16-21,23H2,1-2H3,(H,35,39)(H2,36,37,40). The van der Waals surface area contributed by atoms with Crippen LogP contribution in [0.4, 0.5) is 21.9 Å². The first-order chi connectivity index (χ1) is 19.9. The molecule has 3 aromatic rings. The van der Waals surface area contributed by atoms with E-state index in [1.807, 2.05) is 36.4 Å². The molecule has 5 rings (SSSR count). The Balaban J connectivity index is 1.26. The van der Waals surface area contributed by atoms with E-state index in [0.717, 1.165) is 63.2 Å². The molecule has 2 aliphatic rings. The van der Waals surface area contributed by atoms with Crippen LogP contribution in [0.2, 0.25) is 0 Å². The second-order valence-electron chi connectivity index (χ2n) is 11.6. The van der Waals surface area contributed by atoms with E-state index in [1.165, 1.54) is 11.1 Å². The Morgan fingerprint density at radius 2 is 1.61 bits per heavy atom. The summed E-state index contributed by atoms with van der Waals surface area (Å²) >= 11 is 0. The molecule has 3 aromatic carbocycles. The zero-order valence-corrected chi connectivity index (χ0v) is 24.2. The highest BCUT2D eigenvalue weighted by Crippen LogP contribution is 2.30. The van der Waals surface area contributed by atoms with Gasteiger partial charge in [-0.25, -0.2) is 4.79 Å². The zero-order chi connectivity index (χ0) is 28.6. The third kappa shape index (κ3) is 7.88. The average Bonchev–Trinajstić information content (AvgIpc) is 3.51. The molecule has 0 aliphatic carbocycles. The summed E-state index contributed by atoms with van der Waals surface area (Å²) in [6, 6.07) is 23.8. The molecule has 3 N–H and O–H groups in total. The summed E-state index contributed by atoms with van der Waals surface area (Å²) in [6.45, 7) is 7.30. The van der Waals surface area contributed by atoms with Crippen molar-refractivity contribution in [2.24, 2.45) is 5.92 Å². The van der Waals surface area contributed by atoms with Crippen molar-refractivity contribution >= 4 is 29.0 Å². The predicted octanol–water partition coefficient (Wildman–Crippen LogP) is 6.82. The molecule has 2 fully saturated rings. The van der Waals surface area contributed by atoms with Crippen LogP contribution in [0.1, 0.15) is 66.9 Å². The Kier molecular flexibility index (Phi) is 9.57. The maximum absolute atomic E-state index is 13.5. The van der Waals surface area contributed by atoms with Gasteiger partial charge >= 0.3 is 6.03 Å². The first-order valence-electron chi connectivity index (χ1n) is 15.0. The fourth-order valence-electron chi connectivity index (χ4n) is 5.75. The number of ether oxygens (including phenoxy) is 1. The third-order valence-electron chi connectivity index (χ3n) is 8.17. The van der Waals surface area contributed by atoms with Crippen molar-refractivity contribution in [3.63, 3.8) is 0 Å². The van der Waals surface area contributed by atoms with Crippen LogP contribution in [0, 0.1) is 5.92 Å². The van der Waals surface area contributed by atoms with Crippen molar-refractivity contribution in [2.75, 3.05) is 41.8 Å². The lowest BCUT2D eigenvalue weighted by Crippen LogP contribution is -2.37. The molecule has 1 atom stereocenters. The summed E-state index contributed by atoms with van der Waals surface area (Å²) in [4.78, 5) is 28.6. The molecule has 3 amide bonds. The summed E-state index contributed by atoms with van der Waals surface area (Å²) < 4.78 is 5.71. The normalized spacial score (nSPS) is 17.4. The highest BCUT2D eigenvalue weighted by Gasteiger charge is 2.25. The molecule has 2 saturated heterocycles. The number of hydrogen-bond acceptors (Lipinski definition) is 4. The number of hydrogen-bond donors (Lipinski definition) is 3. The first kappa shape index (κ1) is 28.7. The van der Waals surface area contributed by atoms with Gasteiger partial charge in [0.05, 0.1) is 11.7 Å². The van der Waals surface area contributed by atoms with Gasteiger partial charge in [-0.3, -0.25) is 4.79 Å². The van der Waals surface area contributed by atoms with Crippen molar-refractivity contribution in [3.05, 3.63) is 89.5 Å². The Labute approximate surface area is 243 Å². The summed E-state index contributed by atoms with van der Waals surface area (Å²) in [5.41, 5.74) is 5.37. The molecule has 7 heteroatoms. The SMILES string of the molecule is CC(C)c1ccc(NC(=O)Nc2ccc(N3CCC(Cc4ccccc4)CC3)c(C(=O)NCC3CCCO3)c2)cc1. The monoisotopic (exact) mass is 554 g/mol. The topological polar surface area (TPSA) is 82.7 Å². The van der Waals surface area contributed by atoms with Crippen LogP contribution in [0.15, 0.2) is 72.8 Å². The second-order valence-corrected chi connectivity index (χ2v) is 11.6. The molecule has 2 aliphatic heterocycles. The first-order valence-corrected chi connectivity index (χ1v) is 15.0. The Morgan fingerprint density at radius 1 is 0.902 bits per heavy atom. The molecule has 41 heavy (non-hydrogen) atoms. The van der Waals surface area contributed by atoms with E-state index in [1.54, 1.807) is 6.07 Å². The van der Waals surface area contributed by atoms with Crippen molar-refractivity contribution < 1.29 is 14.3 Å². The number of benzene rings is 3. The van der Waals surface area contributed by atoms with Gasteiger partial charge in [0.15, 0.2) is 0 Å². The largest absolute Gasteiger partial charge is 0.376 e. The molecule has 216 valence electrons. The van der Waals surface area contributed by atoms with E-state index in [-0.39, 0.29) is 18.0 Å². The molecule has 0 radical (unpaired) electrons. The van der Waals surface area contributed by atoms with E-state index >= 15 is 0 Å². The fourth-order valence-corrected chi connectivity index (χ4v) is 5.75. The lowest BCUT2D eigenvalue weighted by atomic mass is 9.89. The summed E-state index contributed by atoms with van der Waals surface area (Å²) in [5.74, 6) is 0.913. The van der Waals surface area contributed by atoms with Crippen molar-refractivity contribution in [1.82, 2.24) is 5.32 Å². The van der Waals surface area contributed by atoms with E-state index in [0.29, 0.717) is 29.6 Å². The van der Waals surface area contributed by atoms with E-state index in [9.17, 15) is 9.59 Å². The molecular formula is C34H42N4O3. The van der Waals surface area contributed by atoms with Crippen LogP contribution < -0.4 is 20.9 Å². The number of amides is 3. The number of nitrogens with zero attached hydrogens (tertiary/aromatic N) is 1. The number of nitrogens with one attached hydrogen (secondary N) is 3. The highest BCUT2D eigenvalue weighted by atomic mass is 16.5. The number of rotatable bonds is 9. The minimum Gasteiger partial charge on any atom is -0.376 e. The number of carbonyl (C=O) groups excluding carboxylic acids is 2. The molecular weight excluding hydrogens is 512 g/mol. The summed E-state index contributed by atoms with van der Waals surface area (Å²) in [5, 5.41) is 8.88. The van der Waals surface area contributed by atoms with Gasteiger partial charge in [-0.1, -0.05) is 56.3 Å². The molecule has 0 spiro atoms. The minimum absolute atomic E-state index is 0.0605. The lowest BCUT2D eigenvalue weighted by Gasteiger charge is -2.35. The Bertz CT molecular complexity index is 1300. The van der Waals surface area contributed by atoms with E-state index < -0.39 is 0 Å². The molecule has 7 nitrogen and oxygen atoms in total. The average molecular weight is 555 g/mol. The van der Waals surface area contributed by atoms with Gasteiger partial charge in [-0.05, 0) is 85.4 Å². The van der Waals surface area contributed by atoms with Crippen LogP contribution in [-0.2, 0) is 11.2 Å². The highest BCUT2D eigenvalue weighted by molar-refractivity contribution is 6.04. The van der Waals surface area contributed by atoms with Crippen LogP contribution >= 0.6 is 0 Å².